The molecule has 32 heavy (non-hydrogen) atoms. The zero-order chi connectivity index (χ0) is 22.7. The molecule has 2 aromatic carbocycles. The number of carbonyl (C=O) groups excluding carboxylic acids is 1. The van der Waals surface area contributed by atoms with E-state index in [-0.39, 0.29) is 11.3 Å². The Labute approximate surface area is 186 Å². The highest BCUT2D eigenvalue weighted by atomic mass is 16.1. The van der Waals surface area contributed by atoms with Gasteiger partial charge in [0.2, 0.25) is 0 Å². The van der Waals surface area contributed by atoms with Gasteiger partial charge in [0, 0.05) is 29.8 Å². The van der Waals surface area contributed by atoms with Crippen molar-refractivity contribution in [3.63, 3.8) is 0 Å². The number of hydrogen-bond donors (Lipinski definition) is 1. The number of nitrogens with two attached hydrogens (primary N) is 1. The zero-order valence-electron chi connectivity index (χ0n) is 18.2. The molecule has 2 aromatic heterocycles. The van der Waals surface area contributed by atoms with Crippen molar-refractivity contribution in [3.05, 3.63) is 99.5 Å². The number of rotatable bonds is 7. The fraction of sp³-hybridized carbons (Fsp3) is 0.200. The minimum atomic E-state index is -0.192. The summed E-state index contributed by atoms with van der Waals surface area (Å²) in [6, 6.07) is 20.5. The van der Waals surface area contributed by atoms with E-state index in [2.05, 4.69) is 22.3 Å². The number of nitrogens with zero attached hydrogens (tertiary/aromatic N) is 4. The van der Waals surface area contributed by atoms with Gasteiger partial charge in [-0.05, 0) is 49.6 Å². The van der Waals surface area contributed by atoms with Gasteiger partial charge >= 0.3 is 0 Å². The van der Waals surface area contributed by atoms with Gasteiger partial charge in [0.15, 0.2) is 5.78 Å². The number of hydrogen-bond acceptors (Lipinski definition) is 5. The van der Waals surface area contributed by atoms with Crippen LogP contribution in [0.2, 0.25) is 0 Å². The summed E-state index contributed by atoms with van der Waals surface area (Å²) >= 11 is 0. The summed E-state index contributed by atoms with van der Waals surface area (Å²) in [5.41, 5.74) is 10.9. The number of anilines is 1. The molecule has 0 radical (unpaired) electrons. The van der Waals surface area contributed by atoms with Crippen LogP contribution in [0.4, 0.5) is 5.82 Å². The van der Waals surface area contributed by atoms with Crippen LogP contribution in [0.1, 0.15) is 34.1 Å². The standard InChI is InChI=1S/C25H25N5O2/c1-17-13-24(26)29(27-17)12-11-19-5-3-8-22(14-19)23-9-10-25(32)30(28-23)16-20-6-4-7-21(15-20)18(2)31/h3-10,13-15H,11-12,16,26H2,1-2H3. The minimum Gasteiger partial charge on any atom is -0.384 e. The van der Waals surface area contributed by atoms with Crippen LogP contribution in [0.15, 0.2) is 71.5 Å². The summed E-state index contributed by atoms with van der Waals surface area (Å²) in [6.07, 6.45) is 0.774. The number of carbonyl (C=O) groups is 1. The minimum absolute atomic E-state index is 0.00949. The van der Waals surface area contributed by atoms with E-state index in [1.54, 1.807) is 22.9 Å². The maximum atomic E-state index is 12.4. The van der Waals surface area contributed by atoms with Crippen LogP contribution < -0.4 is 11.3 Å². The van der Waals surface area contributed by atoms with Gasteiger partial charge in [-0.15, -0.1) is 0 Å². The van der Waals surface area contributed by atoms with Gasteiger partial charge < -0.3 is 5.73 Å². The lowest BCUT2D eigenvalue weighted by atomic mass is 10.1. The average molecular weight is 428 g/mol. The van der Waals surface area contributed by atoms with Crippen LogP contribution in [-0.4, -0.2) is 25.3 Å². The van der Waals surface area contributed by atoms with Crippen molar-refractivity contribution >= 4 is 11.6 Å². The molecule has 7 nitrogen and oxygen atoms in total. The SMILES string of the molecule is CC(=O)c1cccc(Cn2nc(-c3cccc(CCn4nc(C)cc4N)c3)ccc2=O)c1. The molecule has 0 aliphatic heterocycles. The molecule has 0 spiro atoms. The maximum absolute atomic E-state index is 12.4. The fourth-order valence-corrected chi connectivity index (χ4v) is 3.64. The second-order valence-corrected chi connectivity index (χ2v) is 7.86. The first-order valence-corrected chi connectivity index (χ1v) is 10.5. The topological polar surface area (TPSA) is 95.8 Å². The van der Waals surface area contributed by atoms with E-state index < -0.39 is 0 Å². The van der Waals surface area contributed by atoms with E-state index in [0.717, 1.165) is 28.8 Å². The normalized spacial score (nSPS) is 10.9. The highest BCUT2D eigenvalue weighted by Gasteiger charge is 2.08. The summed E-state index contributed by atoms with van der Waals surface area (Å²) in [5.74, 6) is 0.644. The van der Waals surface area contributed by atoms with Crippen LogP contribution in [0, 0.1) is 6.92 Å². The largest absolute Gasteiger partial charge is 0.384 e. The molecule has 162 valence electrons. The molecule has 0 atom stereocenters. The second-order valence-electron chi connectivity index (χ2n) is 7.86. The maximum Gasteiger partial charge on any atom is 0.267 e. The third-order valence-corrected chi connectivity index (χ3v) is 5.30. The quantitative estimate of drug-likeness (QED) is 0.456. The lowest BCUT2D eigenvalue weighted by Gasteiger charge is -2.10. The van der Waals surface area contributed by atoms with Crippen molar-refractivity contribution in [2.45, 2.75) is 33.4 Å². The van der Waals surface area contributed by atoms with Crippen LogP contribution in [0.25, 0.3) is 11.3 Å². The molecule has 0 amide bonds. The monoisotopic (exact) mass is 427 g/mol. The van der Waals surface area contributed by atoms with Crippen LogP contribution in [0.3, 0.4) is 0 Å². The lowest BCUT2D eigenvalue weighted by Crippen LogP contribution is -2.23. The van der Waals surface area contributed by atoms with Crippen molar-refractivity contribution in [3.8, 4) is 11.3 Å². The Bertz CT molecular complexity index is 1340. The van der Waals surface area contributed by atoms with Crippen molar-refractivity contribution in [2.75, 3.05) is 5.73 Å². The molecule has 4 rings (SSSR count). The number of ketones is 1. The molecule has 2 heterocycles. The third kappa shape index (κ3) is 4.83. The van der Waals surface area contributed by atoms with Crippen LogP contribution in [0.5, 0.6) is 0 Å². The Kier molecular flexibility index (Phi) is 5.98. The molecule has 0 fully saturated rings. The predicted molar refractivity (Wildman–Crippen MR) is 125 cm³/mol. The molecule has 0 aliphatic rings. The molecule has 0 aliphatic carbocycles. The molecule has 0 saturated carbocycles. The summed E-state index contributed by atoms with van der Waals surface area (Å²) in [7, 11) is 0. The summed E-state index contributed by atoms with van der Waals surface area (Å²) in [6.45, 7) is 4.43. The van der Waals surface area contributed by atoms with Crippen molar-refractivity contribution < 1.29 is 4.79 Å². The first kappa shape index (κ1) is 21.2. The summed E-state index contributed by atoms with van der Waals surface area (Å²) in [5, 5.41) is 8.98. The average Bonchev–Trinajstić information content (AvgIpc) is 3.11. The predicted octanol–water partition coefficient (Wildman–Crippen LogP) is 3.49. The highest BCUT2D eigenvalue weighted by molar-refractivity contribution is 5.94. The number of Topliss-reactive ketones (excluding diaryl/α,β-unsaturated/α-hetero) is 1. The molecular formula is C25H25N5O2. The van der Waals surface area contributed by atoms with E-state index >= 15 is 0 Å². The molecule has 0 unspecified atom stereocenters. The van der Waals surface area contributed by atoms with E-state index in [9.17, 15) is 9.59 Å². The van der Waals surface area contributed by atoms with Gasteiger partial charge in [-0.3, -0.25) is 9.59 Å². The molecule has 0 bridgehead atoms. The van der Waals surface area contributed by atoms with Gasteiger partial charge in [0.25, 0.3) is 5.56 Å². The Morgan fingerprint density at radius 2 is 1.72 bits per heavy atom. The number of nitrogen functional groups attached to an aromatic ring is 1. The molecular weight excluding hydrogens is 402 g/mol. The smallest absolute Gasteiger partial charge is 0.267 e. The number of benzene rings is 2. The Morgan fingerprint density at radius 3 is 2.47 bits per heavy atom. The number of aryl methyl sites for hydroxylation is 3. The van der Waals surface area contributed by atoms with Crippen molar-refractivity contribution in [1.82, 2.24) is 19.6 Å². The van der Waals surface area contributed by atoms with Gasteiger partial charge in [-0.25, -0.2) is 9.36 Å². The van der Waals surface area contributed by atoms with Gasteiger partial charge in [-0.1, -0.05) is 36.4 Å². The van der Waals surface area contributed by atoms with Crippen molar-refractivity contribution in [1.29, 1.82) is 0 Å². The first-order valence-electron chi connectivity index (χ1n) is 10.5. The van der Waals surface area contributed by atoms with E-state index in [4.69, 9.17) is 5.73 Å². The zero-order valence-corrected chi connectivity index (χ0v) is 18.2. The number of aromatic nitrogens is 4. The summed E-state index contributed by atoms with van der Waals surface area (Å²) in [4.78, 5) is 24.1. The van der Waals surface area contributed by atoms with E-state index in [1.165, 1.54) is 17.7 Å². The molecule has 2 N–H and O–H groups in total. The fourth-order valence-electron chi connectivity index (χ4n) is 3.64. The third-order valence-electron chi connectivity index (χ3n) is 5.30. The van der Waals surface area contributed by atoms with Crippen molar-refractivity contribution in [2.24, 2.45) is 0 Å². The Balaban J connectivity index is 1.56. The molecule has 0 saturated heterocycles. The van der Waals surface area contributed by atoms with E-state index in [0.29, 0.717) is 30.2 Å². The van der Waals surface area contributed by atoms with Gasteiger partial charge in [0.1, 0.15) is 5.82 Å². The van der Waals surface area contributed by atoms with Crippen LogP contribution in [-0.2, 0) is 19.5 Å². The first-order chi connectivity index (χ1) is 15.4. The highest BCUT2D eigenvalue weighted by Crippen LogP contribution is 2.18. The Hall–Kier alpha value is -4.00. The summed E-state index contributed by atoms with van der Waals surface area (Å²) < 4.78 is 3.23. The van der Waals surface area contributed by atoms with Crippen LogP contribution >= 0.6 is 0 Å². The van der Waals surface area contributed by atoms with Gasteiger partial charge in [0.05, 0.1) is 17.9 Å². The second kappa shape index (κ2) is 9.01. The van der Waals surface area contributed by atoms with Gasteiger partial charge in [-0.2, -0.15) is 10.2 Å². The molecule has 7 heteroatoms. The lowest BCUT2D eigenvalue weighted by molar-refractivity contribution is 0.101. The van der Waals surface area contributed by atoms with E-state index in [1.807, 2.05) is 37.3 Å². The Morgan fingerprint density at radius 1 is 0.938 bits per heavy atom. The molecule has 4 aromatic rings.